The molecule has 3 aromatic rings. The molecule has 9 heteroatoms. The number of morpholine rings is 1. The quantitative estimate of drug-likeness (QED) is 0.539. The Morgan fingerprint density at radius 1 is 1.21 bits per heavy atom. The van der Waals surface area contributed by atoms with Crippen molar-refractivity contribution in [3.8, 4) is 11.3 Å². The number of aryl methyl sites for hydroxylation is 1. The number of benzene rings is 2. The van der Waals surface area contributed by atoms with Gasteiger partial charge in [0.25, 0.3) is 0 Å². The van der Waals surface area contributed by atoms with E-state index in [4.69, 9.17) is 4.74 Å². The largest absolute Gasteiger partial charge is 0.379 e. The molecule has 4 rings (SSSR count). The van der Waals surface area contributed by atoms with Crippen molar-refractivity contribution in [3.05, 3.63) is 69.6 Å². The molecule has 0 unspecified atom stereocenters. The van der Waals surface area contributed by atoms with Gasteiger partial charge in [-0.05, 0) is 36.2 Å². The Morgan fingerprint density at radius 2 is 2.03 bits per heavy atom. The topological polar surface area (TPSA) is 70.9 Å². The molecule has 1 fully saturated rings. The Morgan fingerprint density at radius 3 is 2.76 bits per heavy atom. The number of nitrogens with zero attached hydrogens (tertiary/aromatic N) is 3. The Balaban J connectivity index is 1.64. The number of thiazole rings is 1. The van der Waals surface area contributed by atoms with Crippen molar-refractivity contribution in [1.29, 1.82) is 0 Å². The standard InChI is InChI=1S/C25H30FN5O2S/c1-18-14-19(16-30-10-12-33-13-11-30)6-7-22(18)23-17-34-25(29-21-5-3-4-20(26)15-21)31(23)9-8-28-24(32)27-2/h3-7,14-15,17H,8-13,16H2,1-2H3,(H2,27,28,32). The zero-order valence-corrected chi connectivity index (χ0v) is 20.3. The van der Waals surface area contributed by atoms with Gasteiger partial charge in [-0.15, -0.1) is 11.3 Å². The molecule has 180 valence electrons. The molecule has 0 atom stereocenters. The molecular formula is C25H30FN5O2S. The first-order valence-corrected chi connectivity index (χ1v) is 12.3. The monoisotopic (exact) mass is 483 g/mol. The lowest BCUT2D eigenvalue weighted by Crippen LogP contribution is -2.36. The zero-order valence-electron chi connectivity index (χ0n) is 19.5. The normalized spacial score (nSPS) is 14.9. The minimum Gasteiger partial charge on any atom is -0.379 e. The first kappa shape index (κ1) is 24.1. The molecule has 0 aliphatic carbocycles. The van der Waals surface area contributed by atoms with Gasteiger partial charge in [0.15, 0.2) is 4.80 Å². The molecule has 2 heterocycles. The molecule has 2 aromatic carbocycles. The molecular weight excluding hydrogens is 453 g/mol. The van der Waals surface area contributed by atoms with Gasteiger partial charge < -0.3 is 19.9 Å². The van der Waals surface area contributed by atoms with E-state index in [1.165, 1.54) is 34.6 Å². The highest BCUT2D eigenvalue weighted by atomic mass is 32.1. The van der Waals surface area contributed by atoms with Gasteiger partial charge in [0.05, 0.1) is 24.6 Å². The average Bonchev–Trinajstić information content (AvgIpc) is 3.21. The number of ether oxygens (including phenoxy) is 1. The van der Waals surface area contributed by atoms with Gasteiger partial charge in [-0.3, -0.25) is 4.90 Å². The zero-order chi connectivity index (χ0) is 23.9. The van der Waals surface area contributed by atoms with E-state index in [1.807, 2.05) is 0 Å². The van der Waals surface area contributed by atoms with Crippen LogP contribution in [0.4, 0.5) is 14.9 Å². The van der Waals surface area contributed by atoms with Gasteiger partial charge in [-0.25, -0.2) is 14.2 Å². The third kappa shape index (κ3) is 6.11. The van der Waals surface area contributed by atoms with Gasteiger partial charge in [0.1, 0.15) is 5.82 Å². The lowest BCUT2D eigenvalue weighted by atomic mass is 10.0. The van der Waals surface area contributed by atoms with Gasteiger partial charge in [-0.1, -0.05) is 24.3 Å². The fraction of sp³-hybridized carbons (Fsp3) is 0.360. The van der Waals surface area contributed by atoms with Gasteiger partial charge in [-0.2, -0.15) is 0 Å². The second kappa shape index (κ2) is 11.4. The molecule has 1 aromatic heterocycles. The number of halogens is 1. The van der Waals surface area contributed by atoms with Crippen molar-refractivity contribution >= 4 is 23.1 Å². The van der Waals surface area contributed by atoms with E-state index in [9.17, 15) is 9.18 Å². The van der Waals surface area contributed by atoms with E-state index in [0.717, 1.165) is 48.9 Å². The average molecular weight is 484 g/mol. The SMILES string of the molecule is CNC(=O)NCCn1c(-c2ccc(CN3CCOCC3)cc2C)csc1=Nc1cccc(F)c1. The number of rotatable bonds is 7. The van der Waals surface area contributed by atoms with Crippen LogP contribution >= 0.6 is 11.3 Å². The van der Waals surface area contributed by atoms with Crippen LogP contribution < -0.4 is 15.4 Å². The number of urea groups is 1. The van der Waals surface area contributed by atoms with Crippen LogP contribution in [0.25, 0.3) is 11.3 Å². The Kier molecular flexibility index (Phi) is 8.10. The summed E-state index contributed by atoms with van der Waals surface area (Å²) in [5.74, 6) is -0.322. The second-order valence-electron chi connectivity index (χ2n) is 8.19. The van der Waals surface area contributed by atoms with Crippen LogP contribution in [0.2, 0.25) is 0 Å². The summed E-state index contributed by atoms with van der Waals surface area (Å²) in [6.07, 6.45) is 0. The van der Waals surface area contributed by atoms with Gasteiger partial charge in [0, 0.05) is 50.7 Å². The maximum absolute atomic E-state index is 13.7. The van der Waals surface area contributed by atoms with E-state index < -0.39 is 0 Å². The molecule has 0 bridgehead atoms. The van der Waals surface area contributed by atoms with Gasteiger partial charge in [0.2, 0.25) is 0 Å². The number of carbonyl (C=O) groups is 1. The highest BCUT2D eigenvalue weighted by Gasteiger charge is 2.14. The second-order valence-corrected chi connectivity index (χ2v) is 9.03. The molecule has 1 saturated heterocycles. The summed E-state index contributed by atoms with van der Waals surface area (Å²) in [5.41, 5.74) is 5.14. The lowest BCUT2D eigenvalue weighted by Gasteiger charge is -2.26. The van der Waals surface area contributed by atoms with Crippen LogP contribution in [0.15, 0.2) is 52.8 Å². The van der Waals surface area contributed by atoms with Crippen molar-refractivity contribution in [2.45, 2.75) is 20.0 Å². The Labute approximate surface area is 202 Å². The molecule has 0 spiro atoms. The number of amides is 2. The number of carbonyl (C=O) groups excluding carboxylic acids is 1. The van der Waals surface area contributed by atoms with Crippen molar-refractivity contribution in [1.82, 2.24) is 20.1 Å². The molecule has 0 radical (unpaired) electrons. The summed E-state index contributed by atoms with van der Waals surface area (Å²) in [7, 11) is 1.59. The summed E-state index contributed by atoms with van der Waals surface area (Å²) < 4.78 is 21.2. The fourth-order valence-corrected chi connectivity index (χ4v) is 4.95. The summed E-state index contributed by atoms with van der Waals surface area (Å²) in [4.78, 5) is 19.5. The van der Waals surface area contributed by atoms with E-state index >= 15 is 0 Å². The van der Waals surface area contributed by atoms with E-state index in [0.29, 0.717) is 18.8 Å². The summed E-state index contributed by atoms with van der Waals surface area (Å²) in [5, 5.41) is 7.47. The number of hydrogen-bond donors (Lipinski definition) is 2. The molecule has 0 saturated carbocycles. The maximum atomic E-state index is 13.7. The third-order valence-corrected chi connectivity index (χ3v) is 6.62. The van der Waals surface area contributed by atoms with Crippen LogP contribution in [0, 0.1) is 12.7 Å². The lowest BCUT2D eigenvalue weighted by molar-refractivity contribution is 0.0342. The first-order valence-electron chi connectivity index (χ1n) is 11.4. The molecule has 7 nitrogen and oxygen atoms in total. The first-order chi connectivity index (χ1) is 16.5. The Bertz CT molecular complexity index is 1200. The summed E-state index contributed by atoms with van der Waals surface area (Å²) in [6.45, 7) is 7.48. The number of hydrogen-bond acceptors (Lipinski definition) is 5. The smallest absolute Gasteiger partial charge is 0.314 e. The van der Waals surface area contributed by atoms with Crippen LogP contribution in [0.1, 0.15) is 11.1 Å². The fourth-order valence-electron chi connectivity index (χ4n) is 4.01. The van der Waals surface area contributed by atoms with Crippen LogP contribution in [-0.2, 0) is 17.8 Å². The van der Waals surface area contributed by atoms with Crippen LogP contribution in [-0.4, -0.2) is 55.4 Å². The van der Waals surface area contributed by atoms with Crippen molar-refractivity contribution in [2.75, 3.05) is 39.9 Å². The van der Waals surface area contributed by atoms with Crippen LogP contribution in [0.5, 0.6) is 0 Å². The third-order valence-electron chi connectivity index (χ3n) is 5.76. The highest BCUT2D eigenvalue weighted by molar-refractivity contribution is 7.07. The minimum absolute atomic E-state index is 0.232. The Hall–Kier alpha value is -3.01. The summed E-state index contributed by atoms with van der Waals surface area (Å²) >= 11 is 1.50. The van der Waals surface area contributed by atoms with Crippen molar-refractivity contribution in [2.24, 2.45) is 4.99 Å². The van der Waals surface area contributed by atoms with Gasteiger partial charge >= 0.3 is 6.03 Å². The van der Waals surface area contributed by atoms with Crippen LogP contribution in [0.3, 0.4) is 0 Å². The maximum Gasteiger partial charge on any atom is 0.314 e. The highest BCUT2D eigenvalue weighted by Crippen LogP contribution is 2.26. The summed E-state index contributed by atoms with van der Waals surface area (Å²) in [6, 6.07) is 12.6. The predicted octanol–water partition coefficient (Wildman–Crippen LogP) is 3.66. The molecule has 1 aliphatic rings. The number of nitrogens with one attached hydrogen (secondary N) is 2. The predicted molar refractivity (Wildman–Crippen MR) is 133 cm³/mol. The van der Waals surface area contributed by atoms with E-state index in [-0.39, 0.29) is 11.8 Å². The number of aromatic nitrogens is 1. The van der Waals surface area contributed by atoms with Crippen molar-refractivity contribution in [3.63, 3.8) is 0 Å². The molecule has 34 heavy (non-hydrogen) atoms. The molecule has 2 amide bonds. The van der Waals surface area contributed by atoms with E-state index in [1.54, 1.807) is 19.2 Å². The minimum atomic E-state index is -0.322. The molecule has 2 N–H and O–H groups in total. The molecule has 1 aliphatic heterocycles. The van der Waals surface area contributed by atoms with Crippen molar-refractivity contribution < 1.29 is 13.9 Å². The van der Waals surface area contributed by atoms with E-state index in [2.05, 4.69) is 55.6 Å².